The number of aliphatic carboxylic acids is 2. The number of rotatable bonds is 4. The van der Waals surface area contributed by atoms with Crippen molar-refractivity contribution in [2.24, 2.45) is 11.3 Å². The lowest BCUT2D eigenvalue weighted by molar-refractivity contribution is -0.224. The Labute approximate surface area is 157 Å². The molecule has 4 atom stereocenters. The number of carboxylic acid groups (broad SMARTS) is 2. The predicted octanol–water partition coefficient (Wildman–Crippen LogP) is 2.21. The van der Waals surface area contributed by atoms with Crippen LogP contribution >= 0.6 is 0 Å². The Hall–Kier alpha value is -2.41. The van der Waals surface area contributed by atoms with E-state index in [4.69, 9.17) is 9.84 Å². The van der Waals surface area contributed by atoms with E-state index in [1.165, 1.54) is 19.1 Å². The highest BCUT2D eigenvalue weighted by molar-refractivity contribution is 5.88. The molecule has 1 saturated carbocycles. The Bertz CT molecular complexity index is 792. The number of carbonyl (C=O) groups is 3. The van der Waals surface area contributed by atoms with Crippen LogP contribution in [0.15, 0.2) is 35.5 Å². The summed E-state index contributed by atoms with van der Waals surface area (Å²) in [6.45, 7) is 3.17. The summed E-state index contributed by atoms with van der Waals surface area (Å²) in [6, 6.07) is 0. The molecule has 0 aromatic heterocycles. The van der Waals surface area contributed by atoms with Crippen LogP contribution in [-0.4, -0.2) is 44.4 Å². The quantitative estimate of drug-likeness (QED) is 0.391. The summed E-state index contributed by atoms with van der Waals surface area (Å²) in [6.07, 6.45) is 7.63. The van der Waals surface area contributed by atoms with Gasteiger partial charge in [-0.3, -0.25) is 4.79 Å². The molecule has 1 aliphatic heterocycles. The fourth-order valence-corrected chi connectivity index (χ4v) is 4.89. The highest BCUT2D eigenvalue weighted by Crippen LogP contribution is 2.63. The van der Waals surface area contributed by atoms with Crippen molar-refractivity contribution in [3.8, 4) is 0 Å². The number of carbonyl (C=O) groups excluding carboxylic acids is 1. The number of aliphatic hydroxyl groups is 1. The first-order valence-electron chi connectivity index (χ1n) is 9.03. The van der Waals surface area contributed by atoms with Crippen molar-refractivity contribution in [2.45, 2.75) is 57.2 Å². The lowest BCUT2D eigenvalue weighted by Gasteiger charge is -2.52. The van der Waals surface area contributed by atoms with Gasteiger partial charge in [-0.15, -0.1) is 0 Å². The molecule has 0 unspecified atom stereocenters. The summed E-state index contributed by atoms with van der Waals surface area (Å²) in [4.78, 5) is 35.2. The van der Waals surface area contributed by atoms with E-state index in [-0.39, 0.29) is 36.3 Å². The van der Waals surface area contributed by atoms with Gasteiger partial charge in [-0.1, -0.05) is 18.2 Å². The van der Waals surface area contributed by atoms with E-state index in [9.17, 15) is 24.6 Å². The van der Waals surface area contributed by atoms with Gasteiger partial charge < -0.3 is 20.1 Å². The van der Waals surface area contributed by atoms with Gasteiger partial charge in [0.2, 0.25) is 0 Å². The average Bonchev–Trinajstić information content (AvgIpc) is 2.70. The van der Waals surface area contributed by atoms with Gasteiger partial charge in [0.15, 0.2) is 0 Å². The number of allylic oxidation sites excluding steroid dienone is 3. The summed E-state index contributed by atoms with van der Waals surface area (Å²) in [5.74, 6) is -2.98. The molecule has 0 radical (unpaired) electrons. The third-order valence-electron chi connectivity index (χ3n) is 6.52. The van der Waals surface area contributed by atoms with Crippen molar-refractivity contribution < 1.29 is 34.4 Å². The summed E-state index contributed by atoms with van der Waals surface area (Å²) in [5.41, 5.74) is -3.21. The molecule has 0 aromatic rings. The van der Waals surface area contributed by atoms with Gasteiger partial charge >= 0.3 is 17.9 Å². The standard InChI is InChI=1S/C20H24O7/c1-12(15(21)22)4-3-8-18(2)14-7-10-19(17(25)27-18)9-5-13(16(23)24)6-11-20(14,19)26/h3-5,8,14,26H,6-7,9-11H2,1-2H3,(H,21,22)(H,23,24)/t14-,18+,19+,20-/m0/s1. The molecule has 27 heavy (non-hydrogen) atoms. The van der Waals surface area contributed by atoms with Crippen LogP contribution in [0.5, 0.6) is 0 Å². The topological polar surface area (TPSA) is 121 Å². The molecule has 1 saturated heterocycles. The molecular formula is C20H24O7. The number of hydrogen-bond acceptors (Lipinski definition) is 5. The summed E-state index contributed by atoms with van der Waals surface area (Å²) in [5, 5.41) is 29.8. The van der Waals surface area contributed by atoms with Crippen LogP contribution in [0.4, 0.5) is 0 Å². The molecule has 0 spiro atoms. The van der Waals surface area contributed by atoms with Gasteiger partial charge in [-0.25, -0.2) is 9.59 Å². The first-order valence-corrected chi connectivity index (χ1v) is 9.03. The number of esters is 1. The maximum Gasteiger partial charge on any atom is 0.331 e. The SMILES string of the molecule is CC(=CC=C[C@@]1(C)OC(=O)[C@]23CC=C(C(=O)O)CC[C@]2(O)[C@H]1CC3)C(=O)O. The van der Waals surface area contributed by atoms with Crippen molar-refractivity contribution in [1.82, 2.24) is 0 Å². The van der Waals surface area contributed by atoms with Crippen LogP contribution in [0.25, 0.3) is 0 Å². The molecule has 0 amide bonds. The van der Waals surface area contributed by atoms with Crippen molar-refractivity contribution >= 4 is 17.9 Å². The van der Waals surface area contributed by atoms with Gasteiger partial charge in [0, 0.05) is 17.1 Å². The van der Waals surface area contributed by atoms with E-state index in [1.807, 2.05) is 0 Å². The van der Waals surface area contributed by atoms with E-state index in [1.54, 1.807) is 19.1 Å². The van der Waals surface area contributed by atoms with E-state index in [2.05, 4.69) is 0 Å². The zero-order chi connectivity index (χ0) is 20.0. The minimum atomic E-state index is -1.36. The molecule has 3 aliphatic rings. The van der Waals surface area contributed by atoms with E-state index < -0.39 is 34.5 Å². The summed E-state index contributed by atoms with van der Waals surface area (Å²) in [7, 11) is 0. The van der Waals surface area contributed by atoms with Gasteiger partial charge in [0.05, 0.1) is 5.60 Å². The van der Waals surface area contributed by atoms with Crippen molar-refractivity contribution in [2.75, 3.05) is 0 Å². The van der Waals surface area contributed by atoms with E-state index >= 15 is 0 Å². The second kappa shape index (κ2) is 6.34. The van der Waals surface area contributed by atoms with Crippen molar-refractivity contribution in [3.05, 3.63) is 35.5 Å². The molecule has 2 bridgehead atoms. The minimum absolute atomic E-state index is 0.140. The molecule has 2 aliphatic carbocycles. The van der Waals surface area contributed by atoms with Gasteiger partial charge in [0.25, 0.3) is 0 Å². The maximum atomic E-state index is 13.0. The Balaban J connectivity index is 1.97. The van der Waals surface area contributed by atoms with E-state index in [0.29, 0.717) is 12.8 Å². The smallest absolute Gasteiger partial charge is 0.331 e. The van der Waals surface area contributed by atoms with Crippen LogP contribution in [-0.2, 0) is 19.1 Å². The second-order valence-electron chi connectivity index (χ2n) is 7.92. The normalized spacial score (nSPS) is 38.8. The first kappa shape index (κ1) is 19.4. The van der Waals surface area contributed by atoms with E-state index in [0.717, 1.165) is 0 Å². The molecule has 2 fully saturated rings. The number of cyclic esters (lactones) is 1. The average molecular weight is 376 g/mol. The van der Waals surface area contributed by atoms with Crippen molar-refractivity contribution in [1.29, 1.82) is 0 Å². The summed E-state index contributed by atoms with van der Waals surface area (Å²) < 4.78 is 5.74. The second-order valence-corrected chi connectivity index (χ2v) is 7.92. The Morgan fingerprint density at radius 1 is 1.30 bits per heavy atom. The highest BCUT2D eigenvalue weighted by atomic mass is 16.6. The molecule has 146 valence electrons. The highest BCUT2D eigenvalue weighted by Gasteiger charge is 2.71. The zero-order valence-corrected chi connectivity index (χ0v) is 15.4. The molecule has 3 N–H and O–H groups in total. The molecule has 7 heteroatoms. The number of ether oxygens (including phenoxy) is 1. The maximum absolute atomic E-state index is 13.0. The van der Waals surface area contributed by atoms with Crippen molar-refractivity contribution in [3.63, 3.8) is 0 Å². The first-order chi connectivity index (χ1) is 12.6. The zero-order valence-electron chi connectivity index (χ0n) is 15.4. The summed E-state index contributed by atoms with van der Waals surface area (Å²) >= 11 is 0. The largest absolute Gasteiger partial charge is 0.478 e. The van der Waals surface area contributed by atoms with Gasteiger partial charge in [-0.05, 0) is 52.0 Å². The lowest BCUT2D eigenvalue weighted by atomic mass is 9.62. The Morgan fingerprint density at radius 3 is 2.63 bits per heavy atom. The molecule has 3 rings (SSSR count). The molecule has 0 aromatic carbocycles. The lowest BCUT2D eigenvalue weighted by Crippen LogP contribution is -2.63. The molecule has 7 nitrogen and oxygen atoms in total. The molecular weight excluding hydrogens is 352 g/mol. The minimum Gasteiger partial charge on any atom is -0.478 e. The predicted molar refractivity (Wildman–Crippen MR) is 94.7 cm³/mol. The van der Waals surface area contributed by atoms with Crippen LogP contribution < -0.4 is 0 Å². The number of carboxylic acids is 2. The van der Waals surface area contributed by atoms with Crippen LogP contribution in [0.3, 0.4) is 0 Å². The fourth-order valence-electron chi connectivity index (χ4n) is 4.89. The Kier molecular flexibility index (Phi) is 4.54. The van der Waals surface area contributed by atoms with Gasteiger partial charge in [-0.2, -0.15) is 0 Å². The third kappa shape index (κ3) is 2.81. The van der Waals surface area contributed by atoms with Crippen LogP contribution in [0.1, 0.15) is 46.0 Å². The van der Waals surface area contributed by atoms with Crippen LogP contribution in [0.2, 0.25) is 0 Å². The Morgan fingerprint density at radius 2 is 2.00 bits per heavy atom. The monoisotopic (exact) mass is 376 g/mol. The van der Waals surface area contributed by atoms with Gasteiger partial charge in [0.1, 0.15) is 11.0 Å². The third-order valence-corrected chi connectivity index (χ3v) is 6.52. The van der Waals surface area contributed by atoms with Crippen LogP contribution in [0, 0.1) is 11.3 Å². The number of hydrogen-bond donors (Lipinski definition) is 3. The fraction of sp³-hybridized carbons (Fsp3) is 0.550. The molecule has 1 heterocycles.